The number of alkyl halides is 2. The van der Waals surface area contributed by atoms with E-state index in [1.54, 1.807) is 14.1 Å². The van der Waals surface area contributed by atoms with Gasteiger partial charge in [0.2, 0.25) is 0 Å². The minimum absolute atomic E-state index is 0.128. The highest BCUT2D eigenvalue weighted by Crippen LogP contribution is 2.36. The molecule has 0 aromatic heterocycles. The van der Waals surface area contributed by atoms with Crippen molar-refractivity contribution in [3.63, 3.8) is 0 Å². The largest absolute Gasteiger partial charge is 0.345 e. The average molecular weight is 372 g/mol. The standard InChI is InChI=1S/C18H25F3N2O.C2H6/c1-5-6-7-8-14(18(20,21)11-22)16-12(2)9-13(10-15(16)19)17(24)23(3)4;1-2/h8-10H,5-7,11,22H2,1-4H3;1-2H3/b14-8-;. The highest BCUT2D eigenvalue weighted by atomic mass is 19.3. The molecular formula is C20H31F3N2O. The Morgan fingerprint density at radius 2 is 1.85 bits per heavy atom. The number of hydrogen-bond donors (Lipinski definition) is 1. The van der Waals surface area contributed by atoms with Gasteiger partial charge in [0.15, 0.2) is 0 Å². The monoisotopic (exact) mass is 372 g/mol. The molecule has 1 amide bonds. The number of unbranched alkanes of at least 4 members (excludes halogenated alkanes) is 2. The Bertz CT molecular complexity index is 602. The lowest BCUT2D eigenvalue weighted by molar-refractivity contribution is 0.0763. The highest BCUT2D eigenvalue weighted by Gasteiger charge is 2.35. The second-order valence-corrected chi connectivity index (χ2v) is 6.02. The third-order valence-corrected chi connectivity index (χ3v) is 3.77. The van der Waals surface area contributed by atoms with Gasteiger partial charge in [0.05, 0.1) is 6.54 Å². The molecule has 6 heteroatoms. The molecule has 0 radical (unpaired) electrons. The summed E-state index contributed by atoms with van der Waals surface area (Å²) in [5, 5.41) is 0. The van der Waals surface area contributed by atoms with Crippen molar-refractivity contribution < 1.29 is 18.0 Å². The van der Waals surface area contributed by atoms with Crippen LogP contribution in [0, 0.1) is 12.7 Å². The van der Waals surface area contributed by atoms with E-state index in [2.05, 4.69) is 0 Å². The summed E-state index contributed by atoms with van der Waals surface area (Å²) in [5.41, 5.74) is 5.03. The van der Waals surface area contributed by atoms with Crippen molar-refractivity contribution >= 4 is 11.5 Å². The van der Waals surface area contributed by atoms with E-state index in [1.165, 1.54) is 24.0 Å². The Labute approximate surface area is 155 Å². The Hall–Kier alpha value is -1.82. The minimum atomic E-state index is -3.33. The second-order valence-electron chi connectivity index (χ2n) is 6.02. The molecule has 2 N–H and O–H groups in total. The van der Waals surface area contributed by atoms with Gasteiger partial charge in [-0.25, -0.2) is 4.39 Å². The maximum Gasteiger partial charge on any atom is 0.285 e. The molecule has 1 aromatic carbocycles. The third-order valence-electron chi connectivity index (χ3n) is 3.77. The van der Waals surface area contributed by atoms with Gasteiger partial charge < -0.3 is 10.6 Å². The molecule has 3 nitrogen and oxygen atoms in total. The number of halogens is 3. The van der Waals surface area contributed by atoms with Gasteiger partial charge in [-0.05, 0) is 31.0 Å². The Morgan fingerprint density at radius 1 is 1.27 bits per heavy atom. The van der Waals surface area contributed by atoms with E-state index in [0.29, 0.717) is 6.42 Å². The summed E-state index contributed by atoms with van der Waals surface area (Å²) in [6.45, 7) is 6.56. The van der Waals surface area contributed by atoms with Crippen molar-refractivity contribution in [3.05, 3.63) is 40.7 Å². The van der Waals surface area contributed by atoms with Crippen LogP contribution in [-0.4, -0.2) is 37.4 Å². The molecular weight excluding hydrogens is 341 g/mol. The van der Waals surface area contributed by atoms with Crippen LogP contribution in [-0.2, 0) is 0 Å². The number of aryl methyl sites for hydroxylation is 1. The van der Waals surface area contributed by atoms with Gasteiger partial charge in [0.1, 0.15) is 5.82 Å². The van der Waals surface area contributed by atoms with Gasteiger partial charge in [-0.1, -0.05) is 39.7 Å². The van der Waals surface area contributed by atoms with E-state index >= 15 is 0 Å². The van der Waals surface area contributed by atoms with E-state index < -0.39 is 23.9 Å². The van der Waals surface area contributed by atoms with E-state index in [1.807, 2.05) is 20.8 Å². The molecule has 1 aromatic rings. The first-order valence-electron chi connectivity index (χ1n) is 8.96. The van der Waals surface area contributed by atoms with E-state index in [4.69, 9.17) is 5.73 Å². The summed E-state index contributed by atoms with van der Waals surface area (Å²) in [6.07, 6.45) is 3.34. The van der Waals surface area contributed by atoms with Gasteiger partial charge in [-0.3, -0.25) is 4.79 Å². The predicted octanol–water partition coefficient (Wildman–Crippen LogP) is 5.03. The van der Waals surface area contributed by atoms with Crippen LogP contribution in [0.2, 0.25) is 0 Å². The summed E-state index contributed by atoms with van der Waals surface area (Å²) in [7, 11) is 3.09. The van der Waals surface area contributed by atoms with Gasteiger partial charge in [-0.2, -0.15) is 8.78 Å². The summed E-state index contributed by atoms with van der Waals surface area (Å²) >= 11 is 0. The fourth-order valence-corrected chi connectivity index (χ4v) is 2.46. The topological polar surface area (TPSA) is 46.3 Å². The first-order chi connectivity index (χ1) is 12.2. The number of benzene rings is 1. The van der Waals surface area contributed by atoms with Crippen LogP contribution in [0.5, 0.6) is 0 Å². The predicted molar refractivity (Wildman–Crippen MR) is 102 cm³/mol. The molecule has 26 heavy (non-hydrogen) atoms. The van der Waals surface area contributed by atoms with Crippen molar-refractivity contribution in [3.8, 4) is 0 Å². The van der Waals surface area contributed by atoms with Crippen LogP contribution in [0.25, 0.3) is 5.57 Å². The molecule has 148 valence electrons. The van der Waals surface area contributed by atoms with Crippen LogP contribution in [0.3, 0.4) is 0 Å². The third kappa shape index (κ3) is 6.16. The van der Waals surface area contributed by atoms with Crippen molar-refractivity contribution in [2.45, 2.75) is 52.9 Å². The molecule has 0 saturated carbocycles. The molecule has 0 spiro atoms. The number of carbonyl (C=O) groups is 1. The molecule has 0 unspecified atom stereocenters. The molecule has 0 aliphatic heterocycles. The first kappa shape index (κ1) is 24.2. The molecule has 0 aliphatic carbocycles. The smallest absolute Gasteiger partial charge is 0.285 e. The van der Waals surface area contributed by atoms with Crippen molar-refractivity contribution in [2.75, 3.05) is 20.6 Å². The molecule has 0 heterocycles. The lowest BCUT2D eigenvalue weighted by Gasteiger charge is -2.22. The minimum Gasteiger partial charge on any atom is -0.345 e. The van der Waals surface area contributed by atoms with Crippen molar-refractivity contribution in [1.82, 2.24) is 4.90 Å². The Balaban J connectivity index is 0.00000301. The molecule has 0 fully saturated rings. The van der Waals surface area contributed by atoms with Gasteiger partial charge in [0.25, 0.3) is 11.8 Å². The van der Waals surface area contributed by atoms with Crippen LogP contribution in [0.1, 0.15) is 61.5 Å². The molecule has 0 atom stereocenters. The molecule has 0 saturated heterocycles. The van der Waals surface area contributed by atoms with Gasteiger partial charge in [0, 0.05) is 30.8 Å². The zero-order valence-corrected chi connectivity index (χ0v) is 16.6. The molecule has 1 rings (SSSR count). The SMILES string of the molecule is CC.CCCC/C=C(/c1c(C)cc(C(=O)N(C)C)cc1F)C(F)(F)CN. The van der Waals surface area contributed by atoms with Gasteiger partial charge in [-0.15, -0.1) is 0 Å². The second kappa shape index (κ2) is 11.0. The summed E-state index contributed by atoms with van der Waals surface area (Å²) in [6, 6.07) is 2.44. The van der Waals surface area contributed by atoms with Gasteiger partial charge >= 0.3 is 0 Å². The summed E-state index contributed by atoms with van der Waals surface area (Å²) in [4.78, 5) is 13.3. The van der Waals surface area contributed by atoms with E-state index in [9.17, 15) is 18.0 Å². The van der Waals surface area contributed by atoms with Crippen LogP contribution in [0.15, 0.2) is 18.2 Å². The lowest BCUT2D eigenvalue weighted by Crippen LogP contribution is -2.30. The van der Waals surface area contributed by atoms with Crippen LogP contribution in [0.4, 0.5) is 13.2 Å². The highest BCUT2D eigenvalue weighted by molar-refractivity contribution is 5.94. The van der Waals surface area contributed by atoms with Crippen molar-refractivity contribution in [1.29, 1.82) is 0 Å². The first-order valence-corrected chi connectivity index (χ1v) is 8.96. The number of nitrogens with two attached hydrogens (primary N) is 1. The Morgan fingerprint density at radius 3 is 2.27 bits per heavy atom. The fourth-order valence-electron chi connectivity index (χ4n) is 2.46. The number of hydrogen-bond acceptors (Lipinski definition) is 2. The quantitative estimate of drug-likeness (QED) is 0.682. The zero-order valence-electron chi connectivity index (χ0n) is 16.6. The molecule has 0 aliphatic rings. The van der Waals surface area contributed by atoms with E-state index in [0.717, 1.165) is 18.9 Å². The number of carbonyl (C=O) groups excluding carboxylic acids is 1. The maximum atomic E-state index is 14.6. The number of amides is 1. The fraction of sp³-hybridized carbons (Fsp3) is 0.550. The average Bonchev–Trinajstić information content (AvgIpc) is 2.60. The maximum absolute atomic E-state index is 14.6. The summed E-state index contributed by atoms with van der Waals surface area (Å²) in [5.74, 6) is -4.55. The summed E-state index contributed by atoms with van der Waals surface area (Å²) < 4.78 is 43.1. The van der Waals surface area contributed by atoms with E-state index in [-0.39, 0.29) is 22.6 Å². The van der Waals surface area contributed by atoms with Crippen LogP contribution < -0.4 is 5.73 Å². The number of rotatable bonds is 7. The van der Waals surface area contributed by atoms with Crippen molar-refractivity contribution in [2.24, 2.45) is 5.73 Å². The zero-order chi connectivity index (χ0) is 20.5. The number of allylic oxidation sites excluding steroid dienone is 1. The van der Waals surface area contributed by atoms with Crippen LogP contribution >= 0.6 is 0 Å². The normalized spacial score (nSPS) is 11.7. The number of nitrogens with zero attached hydrogens (tertiary/aromatic N) is 1. The lowest BCUT2D eigenvalue weighted by atomic mass is 9.92. The molecule has 0 bridgehead atoms. The Kier molecular flexibility index (Phi) is 10.2.